The fourth-order valence-electron chi connectivity index (χ4n) is 3.09. The molecule has 0 N–H and O–H groups in total. The first-order valence-corrected chi connectivity index (χ1v) is 10.4. The van der Waals surface area contributed by atoms with Crippen LogP contribution in [0.2, 0.25) is 5.02 Å². The lowest BCUT2D eigenvalue weighted by Crippen LogP contribution is -2.35. The highest BCUT2D eigenvalue weighted by Gasteiger charge is 2.26. The molecule has 0 atom stereocenters. The molecular formula is C19H23ClN2O3S. The van der Waals surface area contributed by atoms with E-state index in [0.717, 1.165) is 24.5 Å². The molecule has 0 saturated carbocycles. The van der Waals surface area contributed by atoms with E-state index in [0.29, 0.717) is 30.3 Å². The van der Waals surface area contributed by atoms with E-state index in [9.17, 15) is 8.42 Å². The van der Waals surface area contributed by atoms with Crippen LogP contribution in [-0.2, 0) is 16.6 Å². The van der Waals surface area contributed by atoms with Crippen LogP contribution in [0, 0.1) is 0 Å². The predicted octanol–water partition coefficient (Wildman–Crippen LogP) is 3.25. The number of benzene rings is 2. The van der Waals surface area contributed by atoms with Crippen LogP contribution >= 0.6 is 11.6 Å². The minimum atomic E-state index is -3.48. The zero-order chi connectivity index (χ0) is 18.6. The number of methoxy groups -OCH3 is 1. The molecular weight excluding hydrogens is 372 g/mol. The standard InChI is InChI=1S/C19H23ClN2O3S/c1-25-18-7-9-19(10-8-18)26(23,24)22-12-2-11-21(13-14-22)15-16-3-5-17(20)6-4-16/h3-10H,2,11-15H2,1H3. The van der Waals surface area contributed by atoms with Crippen LogP contribution in [0.1, 0.15) is 12.0 Å². The Bertz CT molecular complexity index is 823. The Kier molecular flexibility index (Phi) is 6.19. The fraction of sp³-hybridized carbons (Fsp3) is 0.368. The van der Waals surface area contributed by atoms with Crippen LogP contribution in [0.15, 0.2) is 53.4 Å². The third-order valence-corrected chi connectivity index (χ3v) is 6.73. The summed E-state index contributed by atoms with van der Waals surface area (Å²) in [5.74, 6) is 0.647. The quantitative estimate of drug-likeness (QED) is 0.781. The molecule has 1 aliphatic heterocycles. The van der Waals surface area contributed by atoms with Gasteiger partial charge >= 0.3 is 0 Å². The number of ether oxygens (including phenoxy) is 1. The SMILES string of the molecule is COc1ccc(S(=O)(=O)N2CCCN(Cc3ccc(Cl)cc3)CC2)cc1. The third-order valence-electron chi connectivity index (χ3n) is 4.56. The van der Waals surface area contributed by atoms with E-state index >= 15 is 0 Å². The van der Waals surface area contributed by atoms with Gasteiger partial charge in [0, 0.05) is 31.2 Å². The topological polar surface area (TPSA) is 49.9 Å². The van der Waals surface area contributed by atoms with Gasteiger partial charge in [-0.1, -0.05) is 23.7 Å². The Morgan fingerprint density at radius 3 is 2.31 bits per heavy atom. The summed E-state index contributed by atoms with van der Waals surface area (Å²) in [5, 5.41) is 0.723. The van der Waals surface area contributed by atoms with E-state index in [1.54, 1.807) is 35.7 Å². The maximum Gasteiger partial charge on any atom is 0.243 e. The summed E-state index contributed by atoms with van der Waals surface area (Å²) in [6.07, 6.45) is 0.809. The summed E-state index contributed by atoms with van der Waals surface area (Å²) < 4.78 is 32.5. The minimum absolute atomic E-state index is 0.310. The van der Waals surface area contributed by atoms with Crippen LogP contribution in [0.3, 0.4) is 0 Å². The van der Waals surface area contributed by atoms with E-state index < -0.39 is 10.0 Å². The molecule has 2 aromatic carbocycles. The Balaban J connectivity index is 1.66. The molecule has 0 spiro atoms. The average Bonchev–Trinajstić information content (AvgIpc) is 2.90. The van der Waals surface area contributed by atoms with Gasteiger partial charge in [-0.05, 0) is 54.9 Å². The lowest BCUT2D eigenvalue weighted by atomic mass is 10.2. The summed E-state index contributed by atoms with van der Waals surface area (Å²) in [7, 11) is -1.92. The summed E-state index contributed by atoms with van der Waals surface area (Å²) in [6, 6.07) is 14.4. The van der Waals surface area contributed by atoms with Crippen LogP contribution in [-0.4, -0.2) is 50.9 Å². The summed E-state index contributed by atoms with van der Waals surface area (Å²) >= 11 is 5.93. The Morgan fingerprint density at radius 1 is 0.962 bits per heavy atom. The highest BCUT2D eigenvalue weighted by Crippen LogP contribution is 2.21. The third kappa shape index (κ3) is 4.57. The highest BCUT2D eigenvalue weighted by molar-refractivity contribution is 7.89. The van der Waals surface area contributed by atoms with Crippen molar-refractivity contribution < 1.29 is 13.2 Å². The maximum absolute atomic E-state index is 12.9. The molecule has 140 valence electrons. The molecule has 26 heavy (non-hydrogen) atoms. The van der Waals surface area contributed by atoms with Crippen LogP contribution in [0.25, 0.3) is 0 Å². The Morgan fingerprint density at radius 2 is 1.65 bits per heavy atom. The second-order valence-electron chi connectivity index (χ2n) is 6.34. The first-order chi connectivity index (χ1) is 12.5. The molecule has 0 unspecified atom stereocenters. The van der Waals surface area contributed by atoms with E-state index in [1.165, 1.54) is 5.56 Å². The zero-order valence-electron chi connectivity index (χ0n) is 14.8. The van der Waals surface area contributed by atoms with Gasteiger partial charge in [0.1, 0.15) is 5.75 Å². The van der Waals surface area contributed by atoms with Crippen molar-refractivity contribution in [3.05, 3.63) is 59.1 Å². The molecule has 0 radical (unpaired) electrons. The lowest BCUT2D eigenvalue weighted by molar-refractivity contribution is 0.278. The van der Waals surface area contributed by atoms with Crippen molar-refractivity contribution >= 4 is 21.6 Å². The second-order valence-corrected chi connectivity index (χ2v) is 8.71. The van der Waals surface area contributed by atoms with Gasteiger partial charge in [0.15, 0.2) is 0 Å². The number of hydrogen-bond donors (Lipinski definition) is 0. The van der Waals surface area contributed by atoms with Crippen molar-refractivity contribution in [2.75, 3.05) is 33.3 Å². The van der Waals surface area contributed by atoms with Crippen molar-refractivity contribution in [3.8, 4) is 5.75 Å². The van der Waals surface area contributed by atoms with Crippen molar-refractivity contribution in [2.45, 2.75) is 17.9 Å². The van der Waals surface area contributed by atoms with Crippen molar-refractivity contribution in [1.29, 1.82) is 0 Å². The summed E-state index contributed by atoms with van der Waals surface area (Å²) in [5.41, 5.74) is 1.18. The van der Waals surface area contributed by atoms with Crippen LogP contribution in [0.4, 0.5) is 0 Å². The minimum Gasteiger partial charge on any atom is -0.497 e. The summed E-state index contributed by atoms with van der Waals surface area (Å²) in [4.78, 5) is 2.59. The number of nitrogens with zero attached hydrogens (tertiary/aromatic N) is 2. The molecule has 3 rings (SSSR count). The van der Waals surface area contributed by atoms with E-state index in [4.69, 9.17) is 16.3 Å². The molecule has 1 aliphatic rings. The Labute approximate surface area is 160 Å². The number of sulfonamides is 1. The highest BCUT2D eigenvalue weighted by atomic mass is 35.5. The smallest absolute Gasteiger partial charge is 0.243 e. The molecule has 0 bridgehead atoms. The fourth-order valence-corrected chi connectivity index (χ4v) is 4.69. The molecule has 2 aromatic rings. The van der Waals surface area contributed by atoms with Crippen LogP contribution in [0.5, 0.6) is 5.75 Å². The zero-order valence-corrected chi connectivity index (χ0v) is 16.3. The largest absolute Gasteiger partial charge is 0.497 e. The second kappa shape index (κ2) is 8.39. The van der Waals surface area contributed by atoms with Crippen molar-refractivity contribution in [3.63, 3.8) is 0 Å². The van der Waals surface area contributed by atoms with Gasteiger partial charge in [-0.15, -0.1) is 0 Å². The molecule has 0 aromatic heterocycles. The molecule has 7 heteroatoms. The molecule has 1 heterocycles. The average molecular weight is 395 g/mol. The number of rotatable bonds is 5. The van der Waals surface area contributed by atoms with Gasteiger partial charge in [-0.2, -0.15) is 4.31 Å². The number of halogens is 1. The molecule has 5 nitrogen and oxygen atoms in total. The molecule has 1 saturated heterocycles. The van der Waals surface area contributed by atoms with Gasteiger partial charge in [0.05, 0.1) is 12.0 Å². The van der Waals surface area contributed by atoms with Gasteiger partial charge in [-0.25, -0.2) is 8.42 Å². The molecule has 0 aliphatic carbocycles. The van der Waals surface area contributed by atoms with Gasteiger partial charge in [0.2, 0.25) is 10.0 Å². The monoisotopic (exact) mass is 394 g/mol. The van der Waals surface area contributed by atoms with E-state index in [1.807, 2.05) is 24.3 Å². The van der Waals surface area contributed by atoms with Gasteiger partial charge in [-0.3, -0.25) is 4.90 Å². The van der Waals surface area contributed by atoms with Crippen molar-refractivity contribution in [1.82, 2.24) is 9.21 Å². The van der Waals surface area contributed by atoms with Gasteiger partial charge < -0.3 is 4.74 Å². The maximum atomic E-state index is 12.9. The van der Waals surface area contributed by atoms with Gasteiger partial charge in [0.25, 0.3) is 0 Å². The number of hydrogen-bond acceptors (Lipinski definition) is 4. The molecule has 1 fully saturated rings. The van der Waals surface area contributed by atoms with Crippen molar-refractivity contribution in [2.24, 2.45) is 0 Å². The van der Waals surface area contributed by atoms with E-state index in [2.05, 4.69) is 4.90 Å². The van der Waals surface area contributed by atoms with Crippen LogP contribution < -0.4 is 4.74 Å². The molecule has 0 amide bonds. The Hall–Kier alpha value is -1.60. The first-order valence-electron chi connectivity index (χ1n) is 8.60. The normalized spacial score (nSPS) is 17.0. The predicted molar refractivity (Wildman–Crippen MR) is 103 cm³/mol. The van der Waals surface area contributed by atoms with E-state index in [-0.39, 0.29) is 0 Å². The lowest BCUT2D eigenvalue weighted by Gasteiger charge is -2.22. The summed E-state index contributed by atoms with van der Waals surface area (Å²) in [6.45, 7) is 3.40. The first kappa shape index (κ1) is 19.2.